The van der Waals surface area contributed by atoms with Crippen molar-refractivity contribution in [3.05, 3.63) is 27.2 Å². The first-order valence-corrected chi connectivity index (χ1v) is 8.35. The van der Waals surface area contributed by atoms with E-state index in [2.05, 4.69) is 17.2 Å². The number of unbranched alkanes of at least 4 members (excludes halogenated alkanes) is 2. The van der Waals surface area contributed by atoms with Crippen LogP contribution in [0.1, 0.15) is 39.0 Å². The molecular formula is C16H25N5O3. The van der Waals surface area contributed by atoms with E-state index >= 15 is 0 Å². The molecular weight excluding hydrogens is 310 g/mol. The number of nitrogens with zero attached hydrogens (tertiary/aromatic N) is 4. The number of fused-ring (bicyclic) bond motifs is 1. The largest absolute Gasteiger partial charge is 0.356 e. The summed E-state index contributed by atoms with van der Waals surface area (Å²) in [5, 5.41) is 2.90. The van der Waals surface area contributed by atoms with Crippen molar-refractivity contribution in [3.8, 4) is 0 Å². The van der Waals surface area contributed by atoms with Crippen LogP contribution in [0.5, 0.6) is 0 Å². The van der Waals surface area contributed by atoms with Crippen LogP contribution in [0.3, 0.4) is 0 Å². The SMILES string of the molecule is CCCCCNC(=O)CCCn1cnc2c1c(=O)n(C)c(=O)n2C. The number of rotatable bonds is 8. The van der Waals surface area contributed by atoms with Crippen LogP contribution in [-0.2, 0) is 25.4 Å². The van der Waals surface area contributed by atoms with Crippen LogP contribution < -0.4 is 16.6 Å². The van der Waals surface area contributed by atoms with Crippen LogP contribution >= 0.6 is 0 Å². The lowest BCUT2D eigenvalue weighted by molar-refractivity contribution is -0.121. The summed E-state index contributed by atoms with van der Waals surface area (Å²) in [7, 11) is 3.04. The molecule has 0 aliphatic heterocycles. The fraction of sp³-hybridized carbons (Fsp3) is 0.625. The minimum absolute atomic E-state index is 0.0239. The number of carbonyl (C=O) groups excluding carboxylic acids is 1. The summed E-state index contributed by atoms with van der Waals surface area (Å²) in [5.74, 6) is 0.0239. The third-order valence-corrected chi connectivity index (χ3v) is 4.12. The topological polar surface area (TPSA) is 90.9 Å². The Bertz CT molecular complexity index is 831. The van der Waals surface area contributed by atoms with Crippen LogP contribution in [0.25, 0.3) is 11.2 Å². The van der Waals surface area contributed by atoms with Crippen molar-refractivity contribution < 1.29 is 4.79 Å². The first-order chi connectivity index (χ1) is 11.5. The van der Waals surface area contributed by atoms with E-state index in [-0.39, 0.29) is 11.5 Å². The Morgan fingerprint density at radius 1 is 1.17 bits per heavy atom. The van der Waals surface area contributed by atoms with Crippen LogP contribution in [-0.4, -0.2) is 31.1 Å². The van der Waals surface area contributed by atoms with Crippen molar-refractivity contribution in [1.29, 1.82) is 0 Å². The maximum atomic E-state index is 12.3. The molecule has 0 atom stereocenters. The summed E-state index contributed by atoms with van der Waals surface area (Å²) < 4.78 is 4.14. The van der Waals surface area contributed by atoms with Crippen LogP contribution in [0.2, 0.25) is 0 Å². The molecule has 2 aromatic rings. The van der Waals surface area contributed by atoms with E-state index in [0.717, 1.165) is 23.8 Å². The second-order valence-corrected chi connectivity index (χ2v) is 5.98. The van der Waals surface area contributed by atoms with E-state index in [4.69, 9.17) is 0 Å². The molecule has 2 rings (SSSR count). The summed E-state index contributed by atoms with van der Waals surface area (Å²) in [6.07, 6.45) is 5.79. The normalized spacial score (nSPS) is 11.1. The number of carbonyl (C=O) groups is 1. The lowest BCUT2D eigenvalue weighted by atomic mass is 10.2. The van der Waals surface area contributed by atoms with Crippen molar-refractivity contribution in [2.24, 2.45) is 14.1 Å². The van der Waals surface area contributed by atoms with Gasteiger partial charge in [0.1, 0.15) is 0 Å². The summed E-state index contributed by atoms with van der Waals surface area (Å²) in [5.41, 5.74) is -0.00565. The Kier molecular flexibility index (Phi) is 5.94. The van der Waals surface area contributed by atoms with Crippen LogP contribution in [0.4, 0.5) is 0 Å². The second kappa shape index (κ2) is 7.94. The molecule has 132 valence electrons. The molecule has 0 aromatic carbocycles. The smallest absolute Gasteiger partial charge is 0.332 e. The second-order valence-electron chi connectivity index (χ2n) is 5.98. The molecule has 2 heterocycles. The van der Waals surface area contributed by atoms with Gasteiger partial charge in [0.15, 0.2) is 11.2 Å². The Balaban J connectivity index is 2.01. The third-order valence-electron chi connectivity index (χ3n) is 4.12. The molecule has 0 aliphatic rings. The highest BCUT2D eigenvalue weighted by Crippen LogP contribution is 2.07. The van der Waals surface area contributed by atoms with Gasteiger partial charge in [-0.2, -0.15) is 0 Å². The predicted octanol–water partition coefficient (Wildman–Crippen LogP) is 0.520. The van der Waals surface area contributed by atoms with Gasteiger partial charge in [-0.05, 0) is 12.8 Å². The first kappa shape index (κ1) is 18.0. The van der Waals surface area contributed by atoms with Crippen molar-refractivity contribution in [2.45, 2.75) is 45.6 Å². The Hall–Kier alpha value is -2.38. The zero-order valence-corrected chi connectivity index (χ0v) is 14.5. The molecule has 8 nitrogen and oxygen atoms in total. The van der Waals surface area contributed by atoms with Gasteiger partial charge in [-0.3, -0.25) is 18.7 Å². The average molecular weight is 335 g/mol. The van der Waals surface area contributed by atoms with Gasteiger partial charge >= 0.3 is 5.69 Å². The number of aryl methyl sites for hydroxylation is 2. The van der Waals surface area contributed by atoms with Gasteiger partial charge in [-0.1, -0.05) is 19.8 Å². The van der Waals surface area contributed by atoms with Crippen LogP contribution in [0, 0.1) is 0 Å². The van der Waals surface area contributed by atoms with E-state index in [9.17, 15) is 14.4 Å². The summed E-state index contributed by atoms with van der Waals surface area (Å²) >= 11 is 0. The quantitative estimate of drug-likeness (QED) is 0.712. The molecule has 1 amide bonds. The number of amides is 1. The van der Waals surface area contributed by atoms with Crippen molar-refractivity contribution in [2.75, 3.05) is 6.54 Å². The average Bonchev–Trinajstić information content (AvgIpc) is 2.99. The Labute approximate surface area is 140 Å². The maximum absolute atomic E-state index is 12.3. The van der Waals surface area contributed by atoms with Gasteiger partial charge in [-0.25, -0.2) is 9.78 Å². The molecule has 0 unspecified atom stereocenters. The molecule has 0 spiro atoms. The van der Waals surface area contributed by atoms with E-state index in [1.165, 1.54) is 11.6 Å². The minimum Gasteiger partial charge on any atom is -0.356 e. The van der Waals surface area contributed by atoms with Gasteiger partial charge in [0, 0.05) is 33.6 Å². The number of aromatic nitrogens is 4. The number of imidazole rings is 1. The lowest BCUT2D eigenvalue weighted by Gasteiger charge is -2.07. The molecule has 8 heteroatoms. The molecule has 0 saturated heterocycles. The fourth-order valence-electron chi connectivity index (χ4n) is 2.67. The molecule has 0 saturated carbocycles. The number of hydrogen-bond donors (Lipinski definition) is 1. The molecule has 0 bridgehead atoms. The fourth-order valence-corrected chi connectivity index (χ4v) is 2.67. The third kappa shape index (κ3) is 3.74. The number of nitrogens with one attached hydrogen (secondary N) is 1. The van der Waals surface area contributed by atoms with E-state index in [0.29, 0.717) is 37.1 Å². The van der Waals surface area contributed by atoms with E-state index < -0.39 is 5.69 Å². The van der Waals surface area contributed by atoms with Crippen molar-refractivity contribution >= 4 is 17.1 Å². The van der Waals surface area contributed by atoms with E-state index in [1.54, 1.807) is 17.9 Å². The molecule has 24 heavy (non-hydrogen) atoms. The highest BCUT2D eigenvalue weighted by atomic mass is 16.2. The number of hydrogen-bond acceptors (Lipinski definition) is 4. The molecule has 2 aromatic heterocycles. The standard InChI is InChI=1S/C16H25N5O3/c1-4-5-6-9-17-12(22)8-7-10-21-11-18-14-13(21)15(23)20(3)16(24)19(14)2/h11H,4-10H2,1-3H3,(H,17,22). The van der Waals surface area contributed by atoms with E-state index in [1.807, 2.05) is 0 Å². The zero-order valence-electron chi connectivity index (χ0n) is 14.5. The summed E-state index contributed by atoms with van der Waals surface area (Å²) in [4.78, 5) is 40.1. The van der Waals surface area contributed by atoms with Gasteiger partial charge in [0.25, 0.3) is 5.56 Å². The molecule has 0 radical (unpaired) electrons. The Morgan fingerprint density at radius 3 is 2.62 bits per heavy atom. The Morgan fingerprint density at radius 2 is 1.92 bits per heavy atom. The zero-order chi connectivity index (χ0) is 17.7. The van der Waals surface area contributed by atoms with Crippen molar-refractivity contribution in [1.82, 2.24) is 24.0 Å². The predicted molar refractivity (Wildman–Crippen MR) is 92.0 cm³/mol. The monoisotopic (exact) mass is 335 g/mol. The summed E-state index contributed by atoms with van der Waals surface area (Å²) in [6, 6.07) is 0. The molecule has 0 aliphatic carbocycles. The first-order valence-electron chi connectivity index (χ1n) is 8.35. The highest BCUT2D eigenvalue weighted by Gasteiger charge is 2.14. The molecule has 0 fully saturated rings. The lowest BCUT2D eigenvalue weighted by Crippen LogP contribution is -2.37. The minimum atomic E-state index is -0.399. The van der Waals surface area contributed by atoms with Gasteiger partial charge in [-0.15, -0.1) is 0 Å². The highest BCUT2D eigenvalue weighted by molar-refractivity contribution is 5.75. The maximum Gasteiger partial charge on any atom is 0.332 e. The van der Waals surface area contributed by atoms with Gasteiger partial charge in [0.2, 0.25) is 5.91 Å². The van der Waals surface area contributed by atoms with Gasteiger partial charge in [0.05, 0.1) is 6.33 Å². The van der Waals surface area contributed by atoms with Gasteiger partial charge < -0.3 is 9.88 Å². The molecule has 1 N–H and O–H groups in total. The van der Waals surface area contributed by atoms with Crippen molar-refractivity contribution in [3.63, 3.8) is 0 Å². The summed E-state index contributed by atoms with van der Waals surface area (Å²) in [6.45, 7) is 3.34. The van der Waals surface area contributed by atoms with Crippen LogP contribution in [0.15, 0.2) is 15.9 Å².